The van der Waals surface area contributed by atoms with Crippen LogP contribution in [-0.2, 0) is 0 Å². The van der Waals surface area contributed by atoms with E-state index in [1.807, 2.05) is 0 Å². The van der Waals surface area contributed by atoms with Crippen molar-refractivity contribution in [1.29, 1.82) is 0 Å². The minimum atomic E-state index is -0.134. The van der Waals surface area contributed by atoms with Gasteiger partial charge in [-0.15, -0.1) is 0 Å². The number of halogens is 2. The molecule has 0 saturated heterocycles. The smallest absolute Gasteiger partial charge is 0.258 e. The van der Waals surface area contributed by atoms with Crippen molar-refractivity contribution in [1.82, 2.24) is 10.1 Å². The van der Waals surface area contributed by atoms with Crippen molar-refractivity contribution in [2.75, 3.05) is 0 Å². The Morgan fingerprint density at radius 2 is 2.06 bits per heavy atom. The first-order chi connectivity index (χ1) is 8.65. The van der Waals surface area contributed by atoms with Gasteiger partial charge in [0.05, 0.1) is 16.1 Å². The maximum absolute atomic E-state index is 6.01. The van der Waals surface area contributed by atoms with E-state index >= 15 is 0 Å². The predicted molar refractivity (Wildman–Crippen MR) is 69.4 cm³/mol. The van der Waals surface area contributed by atoms with E-state index in [9.17, 15) is 0 Å². The molecule has 1 heterocycles. The highest BCUT2D eigenvalue weighted by Crippen LogP contribution is 2.39. The summed E-state index contributed by atoms with van der Waals surface area (Å²) in [5, 5.41) is 4.87. The average molecular weight is 284 g/mol. The van der Waals surface area contributed by atoms with Gasteiger partial charge < -0.3 is 10.3 Å². The van der Waals surface area contributed by atoms with E-state index in [0.29, 0.717) is 27.7 Å². The molecule has 94 valence electrons. The van der Waals surface area contributed by atoms with Gasteiger partial charge in [-0.2, -0.15) is 4.98 Å². The highest BCUT2D eigenvalue weighted by Gasteiger charge is 2.32. The summed E-state index contributed by atoms with van der Waals surface area (Å²) in [5.74, 6) is 1.46. The molecule has 1 atom stereocenters. The molecule has 0 radical (unpaired) electrons. The van der Waals surface area contributed by atoms with Gasteiger partial charge in [-0.3, -0.25) is 0 Å². The second-order valence-corrected chi connectivity index (χ2v) is 5.26. The SMILES string of the molecule is NC(c1noc(-c2ccc(Cl)c(Cl)c2)n1)C1CC1. The van der Waals surface area contributed by atoms with Gasteiger partial charge in [-0.25, -0.2) is 0 Å². The fourth-order valence-electron chi connectivity index (χ4n) is 1.78. The standard InChI is InChI=1S/C12H11Cl2N3O/c13-8-4-3-7(5-9(8)14)12-16-11(17-18-12)10(15)6-1-2-6/h3-6,10H,1-2,15H2. The number of hydrogen-bond donors (Lipinski definition) is 1. The lowest BCUT2D eigenvalue weighted by molar-refractivity contribution is 0.411. The molecule has 1 aromatic heterocycles. The zero-order chi connectivity index (χ0) is 12.7. The van der Waals surface area contributed by atoms with Gasteiger partial charge in [0.1, 0.15) is 0 Å². The summed E-state index contributed by atoms with van der Waals surface area (Å²) in [6.07, 6.45) is 2.27. The highest BCUT2D eigenvalue weighted by molar-refractivity contribution is 6.42. The Balaban J connectivity index is 1.89. The van der Waals surface area contributed by atoms with Gasteiger partial charge >= 0.3 is 0 Å². The van der Waals surface area contributed by atoms with Crippen LogP contribution < -0.4 is 5.73 Å². The molecule has 0 amide bonds. The second kappa shape index (κ2) is 4.53. The molecule has 1 unspecified atom stereocenters. The van der Waals surface area contributed by atoms with Crippen LogP contribution in [0, 0.1) is 5.92 Å². The van der Waals surface area contributed by atoms with Crippen molar-refractivity contribution in [3.05, 3.63) is 34.1 Å². The summed E-state index contributed by atoms with van der Waals surface area (Å²) in [6.45, 7) is 0. The molecule has 1 aliphatic carbocycles. The third kappa shape index (κ3) is 2.23. The Hall–Kier alpha value is -1.10. The molecule has 0 bridgehead atoms. The van der Waals surface area contributed by atoms with E-state index in [2.05, 4.69) is 10.1 Å². The molecule has 1 fully saturated rings. The Labute approximate surface area is 114 Å². The van der Waals surface area contributed by atoms with Gasteiger partial charge in [0.25, 0.3) is 5.89 Å². The van der Waals surface area contributed by atoms with Crippen molar-refractivity contribution in [3.63, 3.8) is 0 Å². The lowest BCUT2D eigenvalue weighted by Crippen LogP contribution is -2.13. The summed E-state index contributed by atoms with van der Waals surface area (Å²) in [4.78, 5) is 4.31. The largest absolute Gasteiger partial charge is 0.334 e. The number of hydrogen-bond acceptors (Lipinski definition) is 4. The summed E-state index contributed by atoms with van der Waals surface area (Å²) in [7, 11) is 0. The maximum atomic E-state index is 6.01. The molecule has 1 aliphatic rings. The van der Waals surface area contributed by atoms with Gasteiger partial charge in [-0.1, -0.05) is 28.4 Å². The Kier molecular flexibility index (Phi) is 3.01. The lowest BCUT2D eigenvalue weighted by atomic mass is 10.2. The van der Waals surface area contributed by atoms with Crippen LogP contribution in [0.25, 0.3) is 11.5 Å². The molecule has 6 heteroatoms. The average Bonchev–Trinajstić information content (AvgIpc) is 3.09. The van der Waals surface area contributed by atoms with Gasteiger partial charge in [0.2, 0.25) is 0 Å². The zero-order valence-corrected chi connectivity index (χ0v) is 10.9. The van der Waals surface area contributed by atoms with Crippen molar-refractivity contribution in [3.8, 4) is 11.5 Å². The van der Waals surface area contributed by atoms with Gasteiger partial charge in [0, 0.05) is 5.56 Å². The molecule has 1 aromatic carbocycles. The van der Waals surface area contributed by atoms with E-state index in [1.54, 1.807) is 18.2 Å². The fraction of sp³-hybridized carbons (Fsp3) is 0.333. The third-order valence-corrected chi connectivity index (χ3v) is 3.78. The number of aromatic nitrogens is 2. The summed E-state index contributed by atoms with van der Waals surface area (Å²) in [6, 6.07) is 5.05. The molecule has 1 saturated carbocycles. The molecule has 0 spiro atoms. The van der Waals surface area contributed by atoms with Crippen LogP contribution in [0.5, 0.6) is 0 Å². The second-order valence-electron chi connectivity index (χ2n) is 4.45. The lowest BCUT2D eigenvalue weighted by Gasteiger charge is -2.02. The first-order valence-corrected chi connectivity index (χ1v) is 6.45. The molecule has 4 nitrogen and oxygen atoms in total. The molecule has 2 aromatic rings. The van der Waals surface area contributed by atoms with Crippen LogP contribution in [0.3, 0.4) is 0 Å². The van der Waals surface area contributed by atoms with Crippen LogP contribution in [0.15, 0.2) is 22.7 Å². The molecule has 2 N–H and O–H groups in total. The van der Waals surface area contributed by atoms with Crippen LogP contribution in [-0.4, -0.2) is 10.1 Å². The molecular formula is C12H11Cl2N3O. The van der Waals surface area contributed by atoms with Crippen LogP contribution >= 0.6 is 23.2 Å². The Morgan fingerprint density at radius 3 is 2.72 bits per heavy atom. The third-order valence-electron chi connectivity index (χ3n) is 3.04. The number of nitrogens with zero attached hydrogens (tertiary/aromatic N) is 2. The maximum Gasteiger partial charge on any atom is 0.258 e. The minimum Gasteiger partial charge on any atom is -0.334 e. The molecule has 18 heavy (non-hydrogen) atoms. The quantitative estimate of drug-likeness (QED) is 0.937. The van der Waals surface area contributed by atoms with E-state index in [1.165, 1.54) is 0 Å². The summed E-state index contributed by atoms with van der Waals surface area (Å²) in [5.41, 5.74) is 6.76. The topological polar surface area (TPSA) is 64.9 Å². The number of rotatable bonds is 3. The van der Waals surface area contributed by atoms with E-state index in [-0.39, 0.29) is 6.04 Å². The van der Waals surface area contributed by atoms with Crippen LogP contribution in [0.4, 0.5) is 0 Å². The van der Waals surface area contributed by atoms with Gasteiger partial charge in [0.15, 0.2) is 5.82 Å². The molecular weight excluding hydrogens is 273 g/mol. The predicted octanol–water partition coefficient (Wildman–Crippen LogP) is 3.45. The van der Waals surface area contributed by atoms with Crippen molar-refractivity contribution >= 4 is 23.2 Å². The number of nitrogens with two attached hydrogens (primary N) is 1. The first-order valence-electron chi connectivity index (χ1n) is 5.70. The Morgan fingerprint density at radius 1 is 1.28 bits per heavy atom. The van der Waals surface area contributed by atoms with Crippen molar-refractivity contribution in [2.24, 2.45) is 11.7 Å². The van der Waals surface area contributed by atoms with Crippen molar-refractivity contribution in [2.45, 2.75) is 18.9 Å². The Bertz CT molecular complexity index is 580. The van der Waals surface area contributed by atoms with Crippen LogP contribution in [0.1, 0.15) is 24.7 Å². The number of benzene rings is 1. The fourth-order valence-corrected chi connectivity index (χ4v) is 2.08. The van der Waals surface area contributed by atoms with E-state index in [0.717, 1.165) is 18.4 Å². The van der Waals surface area contributed by atoms with E-state index in [4.69, 9.17) is 33.5 Å². The van der Waals surface area contributed by atoms with Crippen LogP contribution in [0.2, 0.25) is 10.0 Å². The molecule has 3 rings (SSSR count). The first kappa shape index (κ1) is 12.0. The highest BCUT2D eigenvalue weighted by atomic mass is 35.5. The normalized spacial score (nSPS) is 16.8. The zero-order valence-electron chi connectivity index (χ0n) is 9.44. The monoisotopic (exact) mass is 283 g/mol. The minimum absolute atomic E-state index is 0.134. The summed E-state index contributed by atoms with van der Waals surface area (Å²) >= 11 is 11.8. The molecule has 0 aliphatic heterocycles. The van der Waals surface area contributed by atoms with Crippen molar-refractivity contribution < 1.29 is 4.52 Å². The summed E-state index contributed by atoms with van der Waals surface area (Å²) < 4.78 is 5.20. The van der Waals surface area contributed by atoms with Gasteiger partial charge in [-0.05, 0) is 37.0 Å². The van der Waals surface area contributed by atoms with E-state index < -0.39 is 0 Å².